The van der Waals surface area contributed by atoms with Crippen molar-refractivity contribution in [3.8, 4) is 11.5 Å². The van der Waals surface area contributed by atoms with E-state index in [1.165, 1.54) is 0 Å². The van der Waals surface area contributed by atoms with Gasteiger partial charge < -0.3 is 15.2 Å². The van der Waals surface area contributed by atoms with Crippen molar-refractivity contribution in [3.05, 3.63) is 23.8 Å². The Morgan fingerprint density at radius 3 is 2.22 bits per heavy atom. The lowest BCUT2D eigenvalue weighted by Crippen LogP contribution is -2.29. The molecule has 4 heteroatoms. The average molecular weight is 255 g/mol. The summed E-state index contributed by atoms with van der Waals surface area (Å²) in [6.45, 7) is 6.58. The lowest BCUT2D eigenvalue weighted by Gasteiger charge is -2.23. The summed E-state index contributed by atoms with van der Waals surface area (Å²) in [6, 6.07) is 5.14. The predicted molar refractivity (Wildman–Crippen MR) is 70.9 cm³/mol. The fourth-order valence-electron chi connectivity index (χ4n) is 1.80. The second-order valence-corrected chi connectivity index (χ2v) is 4.05. The number of alkyl halides is 1. The molecule has 18 heavy (non-hydrogen) atoms. The van der Waals surface area contributed by atoms with Gasteiger partial charge in [0.25, 0.3) is 0 Å². The fourth-order valence-corrected chi connectivity index (χ4v) is 1.80. The number of hydrogen-bond donors (Lipinski definition) is 1. The monoisotopic (exact) mass is 255 g/mol. The van der Waals surface area contributed by atoms with Crippen LogP contribution in [0.3, 0.4) is 0 Å². The SMILES string of the molecule is CCOc1ccc(C(F)(CC)CN)cc1OCC. The van der Waals surface area contributed by atoms with E-state index in [2.05, 4.69) is 0 Å². The van der Waals surface area contributed by atoms with Crippen molar-refractivity contribution in [1.82, 2.24) is 0 Å². The smallest absolute Gasteiger partial charge is 0.161 e. The summed E-state index contributed by atoms with van der Waals surface area (Å²) in [4.78, 5) is 0. The molecule has 0 aliphatic rings. The van der Waals surface area contributed by atoms with E-state index >= 15 is 0 Å². The highest BCUT2D eigenvalue weighted by atomic mass is 19.1. The zero-order valence-corrected chi connectivity index (χ0v) is 11.3. The Balaban J connectivity index is 3.13. The van der Waals surface area contributed by atoms with Crippen molar-refractivity contribution in [2.45, 2.75) is 32.9 Å². The zero-order valence-electron chi connectivity index (χ0n) is 11.3. The largest absolute Gasteiger partial charge is 0.490 e. The van der Waals surface area contributed by atoms with Crippen LogP contribution in [0, 0.1) is 0 Å². The first-order valence-electron chi connectivity index (χ1n) is 6.40. The molecule has 0 aliphatic carbocycles. The first-order valence-corrected chi connectivity index (χ1v) is 6.40. The van der Waals surface area contributed by atoms with Crippen molar-refractivity contribution in [2.24, 2.45) is 5.73 Å². The average Bonchev–Trinajstić information content (AvgIpc) is 2.40. The van der Waals surface area contributed by atoms with Crippen molar-refractivity contribution in [3.63, 3.8) is 0 Å². The second-order valence-electron chi connectivity index (χ2n) is 4.05. The first-order chi connectivity index (χ1) is 8.61. The van der Waals surface area contributed by atoms with E-state index < -0.39 is 5.67 Å². The van der Waals surface area contributed by atoms with Gasteiger partial charge >= 0.3 is 0 Å². The minimum absolute atomic E-state index is 0.0386. The van der Waals surface area contributed by atoms with Crippen LogP contribution in [0.1, 0.15) is 32.8 Å². The molecule has 0 amide bonds. The summed E-state index contributed by atoms with van der Waals surface area (Å²) >= 11 is 0. The third-order valence-electron chi connectivity index (χ3n) is 2.94. The maximum absolute atomic E-state index is 14.5. The molecule has 0 fully saturated rings. The molecule has 0 saturated carbocycles. The van der Waals surface area contributed by atoms with Crippen LogP contribution in [0.2, 0.25) is 0 Å². The summed E-state index contributed by atoms with van der Waals surface area (Å²) in [7, 11) is 0. The number of nitrogens with two attached hydrogens (primary N) is 1. The fraction of sp³-hybridized carbons (Fsp3) is 0.571. The molecule has 2 N–H and O–H groups in total. The predicted octanol–water partition coefficient (Wildman–Crippen LogP) is 3.02. The van der Waals surface area contributed by atoms with Crippen molar-refractivity contribution in [2.75, 3.05) is 19.8 Å². The van der Waals surface area contributed by atoms with Gasteiger partial charge in [0.1, 0.15) is 5.67 Å². The van der Waals surface area contributed by atoms with Gasteiger partial charge in [-0.05, 0) is 38.0 Å². The Hall–Kier alpha value is -1.29. The standard InChI is InChI=1S/C14H22FNO2/c1-4-14(15,10-16)11-7-8-12(17-5-2)13(9-11)18-6-3/h7-9H,4-6,10,16H2,1-3H3. The minimum atomic E-state index is -1.50. The van der Waals surface area contributed by atoms with E-state index in [0.29, 0.717) is 36.7 Å². The summed E-state index contributed by atoms with van der Waals surface area (Å²) in [6.07, 6.45) is 0.336. The molecule has 0 aliphatic heterocycles. The number of hydrogen-bond acceptors (Lipinski definition) is 3. The van der Waals surface area contributed by atoms with E-state index in [-0.39, 0.29) is 6.54 Å². The highest BCUT2D eigenvalue weighted by molar-refractivity contribution is 5.44. The maximum atomic E-state index is 14.5. The van der Waals surface area contributed by atoms with Crippen LogP contribution >= 0.6 is 0 Å². The second kappa shape index (κ2) is 6.59. The normalized spacial score (nSPS) is 14.1. The van der Waals surface area contributed by atoms with Crippen LogP contribution in [-0.4, -0.2) is 19.8 Å². The minimum Gasteiger partial charge on any atom is -0.490 e. The van der Waals surface area contributed by atoms with E-state index in [9.17, 15) is 4.39 Å². The molecular formula is C14H22FNO2. The summed E-state index contributed by atoms with van der Waals surface area (Å²) in [5, 5.41) is 0. The van der Waals surface area contributed by atoms with Crippen LogP contribution in [0.25, 0.3) is 0 Å². The molecule has 0 heterocycles. The zero-order chi connectivity index (χ0) is 13.6. The van der Waals surface area contributed by atoms with Gasteiger partial charge in [0.05, 0.1) is 13.2 Å². The summed E-state index contributed by atoms with van der Waals surface area (Å²) < 4.78 is 25.4. The molecule has 1 rings (SSSR count). The van der Waals surface area contributed by atoms with Gasteiger partial charge in [0, 0.05) is 6.54 Å². The van der Waals surface area contributed by atoms with E-state index in [4.69, 9.17) is 15.2 Å². The number of benzene rings is 1. The van der Waals surface area contributed by atoms with Gasteiger partial charge in [-0.1, -0.05) is 13.0 Å². The molecule has 0 aromatic heterocycles. The number of ether oxygens (including phenoxy) is 2. The lowest BCUT2D eigenvalue weighted by molar-refractivity contribution is 0.168. The Morgan fingerprint density at radius 2 is 1.72 bits per heavy atom. The van der Waals surface area contributed by atoms with Crippen molar-refractivity contribution < 1.29 is 13.9 Å². The van der Waals surface area contributed by atoms with Gasteiger partial charge in [0.2, 0.25) is 0 Å². The van der Waals surface area contributed by atoms with Crippen molar-refractivity contribution in [1.29, 1.82) is 0 Å². The molecule has 0 spiro atoms. The maximum Gasteiger partial charge on any atom is 0.161 e. The third-order valence-corrected chi connectivity index (χ3v) is 2.94. The van der Waals surface area contributed by atoms with E-state index in [1.54, 1.807) is 25.1 Å². The van der Waals surface area contributed by atoms with Gasteiger partial charge in [-0.3, -0.25) is 0 Å². The number of rotatable bonds is 7. The third kappa shape index (κ3) is 3.13. The summed E-state index contributed by atoms with van der Waals surface area (Å²) in [5.41, 5.74) is 4.56. The molecule has 0 radical (unpaired) electrons. The van der Waals surface area contributed by atoms with Crippen molar-refractivity contribution >= 4 is 0 Å². The molecule has 1 aromatic rings. The Morgan fingerprint density at radius 1 is 1.11 bits per heavy atom. The van der Waals surface area contributed by atoms with Crippen LogP contribution in [0.15, 0.2) is 18.2 Å². The van der Waals surface area contributed by atoms with Crippen LogP contribution < -0.4 is 15.2 Å². The van der Waals surface area contributed by atoms with E-state index in [1.807, 2.05) is 13.8 Å². The topological polar surface area (TPSA) is 44.5 Å². The molecule has 3 nitrogen and oxygen atoms in total. The summed E-state index contributed by atoms with van der Waals surface area (Å²) in [5.74, 6) is 1.21. The quantitative estimate of drug-likeness (QED) is 0.814. The van der Waals surface area contributed by atoms with Gasteiger partial charge in [-0.15, -0.1) is 0 Å². The first kappa shape index (κ1) is 14.8. The highest BCUT2D eigenvalue weighted by Crippen LogP contribution is 2.35. The van der Waals surface area contributed by atoms with Crippen LogP contribution in [-0.2, 0) is 5.67 Å². The van der Waals surface area contributed by atoms with E-state index in [0.717, 1.165) is 0 Å². The Labute approximate surface area is 108 Å². The Bertz CT molecular complexity index is 378. The van der Waals surface area contributed by atoms with Gasteiger partial charge in [-0.2, -0.15) is 0 Å². The molecular weight excluding hydrogens is 233 g/mol. The highest BCUT2D eigenvalue weighted by Gasteiger charge is 2.29. The Kier molecular flexibility index (Phi) is 5.41. The van der Waals surface area contributed by atoms with Crippen LogP contribution in [0.4, 0.5) is 4.39 Å². The molecule has 1 unspecified atom stereocenters. The lowest BCUT2D eigenvalue weighted by atomic mass is 9.93. The number of halogens is 1. The molecule has 102 valence electrons. The molecule has 1 aromatic carbocycles. The van der Waals surface area contributed by atoms with Gasteiger partial charge in [-0.25, -0.2) is 4.39 Å². The van der Waals surface area contributed by atoms with Gasteiger partial charge in [0.15, 0.2) is 11.5 Å². The molecule has 1 atom stereocenters. The molecule has 0 bridgehead atoms. The molecule has 0 saturated heterocycles. The van der Waals surface area contributed by atoms with Crippen LogP contribution in [0.5, 0.6) is 11.5 Å².